The molecule has 0 unspecified atom stereocenters. The molecule has 0 aliphatic rings. The molecular formula is C14H19N5. The summed E-state index contributed by atoms with van der Waals surface area (Å²) < 4.78 is 0. The van der Waals surface area contributed by atoms with Crippen molar-refractivity contribution in [2.45, 2.75) is 13.3 Å². The van der Waals surface area contributed by atoms with Gasteiger partial charge >= 0.3 is 0 Å². The second-order valence-electron chi connectivity index (χ2n) is 4.26. The molecule has 0 bridgehead atoms. The average Bonchev–Trinajstić information content (AvgIpc) is 2.46. The third kappa shape index (κ3) is 3.91. The van der Waals surface area contributed by atoms with Gasteiger partial charge in [0.15, 0.2) is 0 Å². The van der Waals surface area contributed by atoms with Gasteiger partial charge in [-0.3, -0.25) is 4.98 Å². The molecule has 5 heteroatoms. The number of likely N-dealkylation sites (N-methyl/N-ethyl adjacent to an activating group) is 1. The lowest BCUT2D eigenvalue weighted by atomic mass is 10.2. The van der Waals surface area contributed by atoms with Crippen molar-refractivity contribution in [3.05, 3.63) is 42.4 Å². The second kappa shape index (κ2) is 6.68. The first-order valence-corrected chi connectivity index (χ1v) is 6.47. The largest absolute Gasteiger partial charge is 0.370 e. The van der Waals surface area contributed by atoms with Crippen molar-refractivity contribution in [3.63, 3.8) is 0 Å². The van der Waals surface area contributed by atoms with Crippen LogP contribution in [0.4, 0.5) is 11.8 Å². The molecule has 19 heavy (non-hydrogen) atoms. The molecule has 0 spiro atoms. The molecule has 0 aliphatic carbocycles. The molecule has 0 amide bonds. The first-order chi connectivity index (χ1) is 9.29. The van der Waals surface area contributed by atoms with Crippen LogP contribution in [0, 0.1) is 0 Å². The van der Waals surface area contributed by atoms with E-state index in [0.717, 1.165) is 37.0 Å². The third-order valence-electron chi connectivity index (χ3n) is 2.77. The Morgan fingerprint density at radius 2 is 2.05 bits per heavy atom. The van der Waals surface area contributed by atoms with Crippen LogP contribution in [0.5, 0.6) is 0 Å². The van der Waals surface area contributed by atoms with Crippen LogP contribution in [0.15, 0.2) is 36.7 Å². The van der Waals surface area contributed by atoms with E-state index in [0.29, 0.717) is 0 Å². The van der Waals surface area contributed by atoms with Gasteiger partial charge in [-0.2, -0.15) is 4.98 Å². The lowest BCUT2D eigenvalue weighted by Gasteiger charge is -2.17. The smallest absolute Gasteiger partial charge is 0.227 e. The summed E-state index contributed by atoms with van der Waals surface area (Å²) in [5.41, 5.74) is 1.08. The van der Waals surface area contributed by atoms with Gasteiger partial charge in [-0.25, -0.2) is 4.98 Å². The molecule has 2 aromatic heterocycles. The minimum atomic E-state index is 0.731. The van der Waals surface area contributed by atoms with Gasteiger partial charge in [0.1, 0.15) is 5.82 Å². The molecule has 0 aromatic carbocycles. The summed E-state index contributed by atoms with van der Waals surface area (Å²) in [6.07, 6.45) is 4.47. The average molecular weight is 257 g/mol. The van der Waals surface area contributed by atoms with Gasteiger partial charge in [-0.05, 0) is 25.1 Å². The van der Waals surface area contributed by atoms with Crippen molar-refractivity contribution in [3.8, 4) is 0 Å². The standard InChI is InChI=1S/C14H19N5/c1-3-15-13-7-10-17-14(18-13)19(2)11-8-12-6-4-5-9-16-12/h4-7,9-10H,3,8,11H2,1-2H3,(H,15,17,18). The van der Waals surface area contributed by atoms with Gasteiger partial charge in [-0.15, -0.1) is 0 Å². The molecule has 0 saturated carbocycles. The summed E-state index contributed by atoms with van der Waals surface area (Å²) in [6, 6.07) is 7.84. The number of hydrogen-bond donors (Lipinski definition) is 1. The summed E-state index contributed by atoms with van der Waals surface area (Å²) >= 11 is 0. The Balaban J connectivity index is 1.95. The van der Waals surface area contributed by atoms with Crippen LogP contribution >= 0.6 is 0 Å². The third-order valence-corrected chi connectivity index (χ3v) is 2.77. The van der Waals surface area contributed by atoms with Crippen molar-refractivity contribution in [2.24, 2.45) is 0 Å². The van der Waals surface area contributed by atoms with Crippen LogP contribution in [0.25, 0.3) is 0 Å². The summed E-state index contributed by atoms with van der Waals surface area (Å²) in [7, 11) is 1.99. The lowest BCUT2D eigenvalue weighted by molar-refractivity contribution is 0.821. The first-order valence-electron chi connectivity index (χ1n) is 6.47. The minimum Gasteiger partial charge on any atom is -0.370 e. The normalized spacial score (nSPS) is 10.2. The van der Waals surface area contributed by atoms with Gasteiger partial charge < -0.3 is 10.2 Å². The minimum absolute atomic E-state index is 0.731. The summed E-state index contributed by atoms with van der Waals surface area (Å²) in [6.45, 7) is 3.74. The molecule has 100 valence electrons. The van der Waals surface area contributed by atoms with Crippen LogP contribution < -0.4 is 10.2 Å². The molecule has 0 fully saturated rings. The SMILES string of the molecule is CCNc1ccnc(N(C)CCc2ccccn2)n1. The second-order valence-corrected chi connectivity index (χ2v) is 4.26. The highest BCUT2D eigenvalue weighted by Gasteiger charge is 2.05. The zero-order valence-corrected chi connectivity index (χ0v) is 11.4. The molecule has 0 atom stereocenters. The Morgan fingerprint density at radius 3 is 2.79 bits per heavy atom. The van der Waals surface area contributed by atoms with E-state index in [4.69, 9.17) is 0 Å². The summed E-state index contributed by atoms with van der Waals surface area (Å²) in [5, 5.41) is 3.19. The molecule has 2 aromatic rings. The van der Waals surface area contributed by atoms with Crippen molar-refractivity contribution in [1.82, 2.24) is 15.0 Å². The Kier molecular flexibility index (Phi) is 4.66. The van der Waals surface area contributed by atoms with E-state index < -0.39 is 0 Å². The van der Waals surface area contributed by atoms with E-state index in [1.54, 1.807) is 6.20 Å². The number of nitrogens with zero attached hydrogens (tertiary/aromatic N) is 4. The quantitative estimate of drug-likeness (QED) is 0.857. The Labute approximate surface area is 113 Å². The lowest BCUT2D eigenvalue weighted by Crippen LogP contribution is -2.23. The zero-order valence-electron chi connectivity index (χ0n) is 11.4. The fourth-order valence-corrected chi connectivity index (χ4v) is 1.74. The molecule has 0 aliphatic heterocycles. The summed E-state index contributed by atoms with van der Waals surface area (Å²) in [4.78, 5) is 15.1. The van der Waals surface area contributed by atoms with E-state index in [-0.39, 0.29) is 0 Å². The number of pyridine rings is 1. The van der Waals surface area contributed by atoms with Crippen LogP contribution in [0.2, 0.25) is 0 Å². The van der Waals surface area contributed by atoms with Gasteiger partial charge in [0.2, 0.25) is 5.95 Å². The molecule has 2 rings (SSSR count). The maximum atomic E-state index is 4.46. The van der Waals surface area contributed by atoms with E-state index in [1.807, 2.05) is 49.3 Å². The van der Waals surface area contributed by atoms with Crippen LogP contribution in [-0.2, 0) is 6.42 Å². The van der Waals surface area contributed by atoms with Gasteiger partial charge in [-0.1, -0.05) is 6.07 Å². The van der Waals surface area contributed by atoms with E-state index >= 15 is 0 Å². The highest BCUT2D eigenvalue weighted by atomic mass is 15.2. The topological polar surface area (TPSA) is 53.9 Å². The van der Waals surface area contributed by atoms with Crippen LogP contribution in [0.1, 0.15) is 12.6 Å². The van der Waals surface area contributed by atoms with Gasteiger partial charge in [0.05, 0.1) is 0 Å². The maximum Gasteiger partial charge on any atom is 0.227 e. The molecule has 1 N–H and O–H groups in total. The van der Waals surface area contributed by atoms with Gasteiger partial charge in [0.25, 0.3) is 0 Å². The number of aromatic nitrogens is 3. The van der Waals surface area contributed by atoms with Crippen molar-refractivity contribution >= 4 is 11.8 Å². The Hall–Kier alpha value is -2.17. The molecule has 0 radical (unpaired) electrons. The predicted molar refractivity (Wildman–Crippen MR) is 77.4 cm³/mol. The molecule has 0 saturated heterocycles. The molecular weight excluding hydrogens is 238 g/mol. The van der Waals surface area contributed by atoms with Gasteiger partial charge in [0, 0.05) is 44.6 Å². The first kappa shape index (κ1) is 13.3. The van der Waals surface area contributed by atoms with Crippen LogP contribution in [-0.4, -0.2) is 35.1 Å². The van der Waals surface area contributed by atoms with Crippen molar-refractivity contribution in [2.75, 3.05) is 30.4 Å². The molecule has 5 nitrogen and oxygen atoms in total. The van der Waals surface area contributed by atoms with E-state index in [9.17, 15) is 0 Å². The van der Waals surface area contributed by atoms with E-state index in [1.165, 1.54) is 0 Å². The molecule has 2 heterocycles. The summed E-state index contributed by atoms with van der Waals surface area (Å²) in [5.74, 6) is 1.59. The maximum absolute atomic E-state index is 4.46. The number of anilines is 2. The fraction of sp³-hybridized carbons (Fsp3) is 0.357. The predicted octanol–water partition coefficient (Wildman–Crippen LogP) is 1.98. The van der Waals surface area contributed by atoms with Crippen LogP contribution in [0.3, 0.4) is 0 Å². The Bertz CT molecular complexity index is 500. The van der Waals surface area contributed by atoms with Crippen molar-refractivity contribution in [1.29, 1.82) is 0 Å². The van der Waals surface area contributed by atoms with Crippen molar-refractivity contribution < 1.29 is 0 Å². The highest BCUT2D eigenvalue weighted by molar-refractivity contribution is 5.40. The number of nitrogens with one attached hydrogen (secondary N) is 1. The number of hydrogen-bond acceptors (Lipinski definition) is 5. The number of rotatable bonds is 6. The Morgan fingerprint density at radius 1 is 1.16 bits per heavy atom. The highest BCUT2D eigenvalue weighted by Crippen LogP contribution is 2.09. The fourth-order valence-electron chi connectivity index (χ4n) is 1.74. The monoisotopic (exact) mass is 257 g/mol. The van der Waals surface area contributed by atoms with E-state index in [2.05, 4.69) is 20.3 Å². The zero-order chi connectivity index (χ0) is 13.5.